The molecule has 0 radical (unpaired) electrons. The average Bonchev–Trinajstić information content (AvgIpc) is 2.92. The molecule has 0 bridgehead atoms. The lowest BCUT2D eigenvalue weighted by molar-refractivity contribution is 0.0996. The van der Waals surface area contributed by atoms with E-state index in [0.29, 0.717) is 12.3 Å². The number of carbonyl (C=O) groups is 1. The third kappa shape index (κ3) is 3.01. The zero-order valence-electron chi connectivity index (χ0n) is 9.76. The third-order valence-corrected chi connectivity index (χ3v) is 2.23. The van der Waals surface area contributed by atoms with Crippen molar-refractivity contribution in [3.8, 4) is 5.75 Å². The fraction of sp³-hybridized carbons (Fsp3) is 0.0714. The van der Waals surface area contributed by atoms with Crippen molar-refractivity contribution in [3.05, 3.63) is 61.1 Å². The Labute approximate surface area is 105 Å². The topological polar surface area (TPSA) is 51.5 Å². The molecule has 2 rings (SSSR count). The second-order valence-electron chi connectivity index (χ2n) is 3.56. The van der Waals surface area contributed by atoms with Gasteiger partial charge in [-0.15, -0.1) is 0 Å². The number of carbonyl (C=O) groups excluding carboxylic acids is 1. The maximum Gasteiger partial charge on any atom is 0.291 e. The first-order valence-electron chi connectivity index (χ1n) is 5.48. The molecule has 1 N–H and O–H groups in total. The van der Waals surface area contributed by atoms with Crippen LogP contribution in [0.25, 0.3) is 0 Å². The summed E-state index contributed by atoms with van der Waals surface area (Å²) in [6.45, 7) is 4.03. The Morgan fingerprint density at radius 2 is 2.11 bits per heavy atom. The number of anilines is 1. The van der Waals surface area contributed by atoms with Gasteiger partial charge in [-0.1, -0.05) is 12.7 Å². The molecule has 0 unspecified atom stereocenters. The second kappa shape index (κ2) is 5.72. The smallest absolute Gasteiger partial charge is 0.291 e. The summed E-state index contributed by atoms with van der Waals surface area (Å²) < 4.78 is 10.3. The van der Waals surface area contributed by atoms with Crippen LogP contribution < -0.4 is 10.1 Å². The molecule has 1 heterocycles. The van der Waals surface area contributed by atoms with Crippen molar-refractivity contribution in [2.75, 3.05) is 11.9 Å². The lowest BCUT2D eigenvalue weighted by Gasteiger charge is -2.05. The van der Waals surface area contributed by atoms with Crippen LogP contribution in [0.1, 0.15) is 10.6 Å². The number of furan rings is 1. The summed E-state index contributed by atoms with van der Waals surface area (Å²) in [5.41, 5.74) is 0.683. The van der Waals surface area contributed by atoms with Gasteiger partial charge in [0.2, 0.25) is 0 Å². The molecule has 0 saturated carbocycles. The Bertz CT molecular complexity index is 514. The number of nitrogens with one attached hydrogen (secondary N) is 1. The normalized spacial score (nSPS) is 9.78. The van der Waals surface area contributed by atoms with Crippen LogP contribution in [0, 0.1) is 0 Å². The fourth-order valence-corrected chi connectivity index (χ4v) is 1.39. The highest BCUT2D eigenvalue weighted by molar-refractivity contribution is 6.02. The van der Waals surface area contributed by atoms with E-state index in [-0.39, 0.29) is 11.7 Å². The van der Waals surface area contributed by atoms with Crippen molar-refractivity contribution >= 4 is 11.6 Å². The molecule has 1 aromatic heterocycles. The van der Waals surface area contributed by atoms with Gasteiger partial charge >= 0.3 is 0 Å². The first kappa shape index (κ1) is 12.0. The van der Waals surface area contributed by atoms with E-state index in [9.17, 15) is 4.79 Å². The van der Waals surface area contributed by atoms with Gasteiger partial charge in [0.05, 0.1) is 6.26 Å². The molecular formula is C14H13NO3. The van der Waals surface area contributed by atoms with Crippen LogP contribution in [-0.4, -0.2) is 12.5 Å². The second-order valence-corrected chi connectivity index (χ2v) is 3.56. The van der Waals surface area contributed by atoms with Gasteiger partial charge in [-0.3, -0.25) is 4.79 Å². The van der Waals surface area contributed by atoms with E-state index in [4.69, 9.17) is 9.15 Å². The van der Waals surface area contributed by atoms with Gasteiger partial charge in [0.1, 0.15) is 12.4 Å². The predicted molar refractivity (Wildman–Crippen MR) is 68.8 cm³/mol. The molecule has 0 atom stereocenters. The molecule has 18 heavy (non-hydrogen) atoms. The molecule has 0 saturated heterocycles. The van der Waals surface area contributed by atoms with Crippen LogP contribution in [0.2, 0.25) is 0 Å². The van der Waals surface area contributed by atoms with Crippen LogP contribution in [0.4, 0.5) is 5.69 Å². The molecule has 92 valence electrons. The third-order valence-electron chi connectivity index (χ3n) is 2.23. The minimum Gasteiger partial charge on any atom is -0.490 e. The number of benzene rings is 1. The first-order chi connectivity index (χ1) is 8.79. The van der Waals surface area contributed by atoms with Crippen LogP contribution in [-0.2, 0) is 0 Å². The summed E-state index contributed by atoms with van der Waals surface area (Å²) in [7, 11) is 0. The van der Waals surface area contributed by atoms with Crippen LogP contribution >= 0.6 is 0 Å². The van der Waals surface area contributed by atoms with E-state index in [1.807, 2.05) is 0 Å². The van der Waals surface area contributed by atoms with Crippen LogP contribution in [0.5, 0.6) is 5.75 Å². The summed E-state index contributed by atoms with van der Waals surface area (Å²) in [4.78, 5) is 11.7. The molecule has 2 aromatic rings. The molecule has 0 aliphatic carbocycles. The van der Waals surface area contributed by atoms with E-state index >= 15 is 0 Å². The molecule has 4 nitrogen and oxygen atoms in total. The van der Waals surface area contributed by atoms with Gasteiger partial charge < -0.3 is 14.5 Å². The Morgan fingerprint density at radius 1 is 1.33 bits per heavy atom. The van der Waals surface area contributed by atoms with Gasteiger partial charge in [0, 0.05) is 5.69 Å². The average molecular weight is 243 g/mol. The first-order valence-corrected chi connectivity index (χ1v) is 5.48. The Balaban J connectivity index is 1.98. The molecule has 1 amide bonds. The Hall–Kier alpha value is -2.49. The zero-order chi connectivity index (χ0) is 12.8. The quantitative estimate of drug-likeness (QED) is 0.821. The highest BCUT2D eigenvalue weighted by Crippen LogP contribution is 2.16. The van der Waals surface area contributed by atoms with Crippen LogP contribution in [0.3, 0.4) is 0 Å². The van der Waals surface area contributed by atoms with Crippen molar-refractivity contribution in [2.45, 2.75) is 0 Å². The lowest BCUT2D eigenvalue weighted by Crippen LogP contribution is -2.10. The molecule has 0 spiro atoms. The van der Waals surface area contributed by atoms with Crippen LogP contribution in [0.15, 0.2) is 59.7 Å². The highest BCUT2D eigenvalue weighted by Gasteiger charge is 2.08. The van der Waals surface area contributed by atoms with E-state index in [1.165, 1.54) is 6.26 Å². The number of amides is 1. The van der Waals surface area contributed by atoms with E-state index in [0.717, 1.165) is 5.75 Å². The molecule has 1 aromatic carbocycles. The highest BCUT2D eigenvalue weighted by atomic mass is 16.5. The van der Waals surface area contributed by atoms with E-state index in [1.54, 1.807) is 42.5 Å². The molecule has 0 fully saturated rings. The SMILES string of the molecule is C=CCOc1ccc(NC(=O)c2ccco2)cc1. The Kier molecular flexibility index (Phi) is 3.81. The minimum absolute atomic E-state index is 0.278. The van der Waals surface area contributed by atoms with Crippen molar-refractivity contribution in [1.29, 1.82) is 0 Å². The molecule has 0 aliphatic heterocycles. The van der Waals surface area contributed by atoms with Crippen molar-refractivity contribution < 1.29 is 13.9 Å². The van der Waals surface area contributed by atoms with E-state index < -0.39 is 0 Å². The zero-order valence-corrected chi connectivity index (χ0v) is 9.76. The lowest BCUT2D eigenvalue weighted by atomic mass is 10.3. The van der Waals surface area contributed by atoms with E-state index in [2.05, 4.69) is 11.9 Å². The number of rotatable bonds is 5. The van der Waals surface area contributed by atoms with Gasteiger partial charge in [-0.05, 0) is 36.4 Å². The van der Waals surface area contributed by atoms with Crippen molar-refractivity contribution in [2.24, 2.45) is 0 Å². The van der Waals surface area contributed by atoms with Gasteiger partial charge in [0.15, 0.2) is 5.76 Å². The maximum absolute atomic E-state index is 11.7. The molecular weight excluding hydrogens is 230 g/mol. The van der Waals surface area contributed by atoms with Gasteiger partial charge in [-0.2, -0.15) is 0 Å². The van der Waals surface area contributed by atoms with Crippen molar-refractivity contribution in [1.82, 2.24) is 0 Å². The minimum atomic E-state index is -0.278. The summed E-state index contributed by atoms with van der Waals surface area (Å²) in [5.74, 6) is 0.729. The number of ether oxygens (including phenoxy) is 1. The Morgan fingerprint density at radius 3 is 2.72 bits per heavy atom. The summed E-state index contributed by atoms with van der Waals surface area (Å²) in [6.07, 6.45) is 3.13. The summed E-state index contributed by atoms with van der Waals surface area (Å²) in [5, 5.41) is 2.72. The van der Waals surface area contributed by atoms with Gasteiger partial charge in [0.25, 0.3) is 5.91 Å². The molecule has 4 heteroatoms. The summed E-state index contributed by atoms with van der Waals surface area (Å²) in [6, 6.07) is 10.4. The van der Waals surface area contributed by atoms with Gasteiger partial charge in [-0.25, -0.2) is 0 Å². The standard InChI is InChI=1S/C14H13NO3/c1-2-9-17-12-7-5-11(6-8-12)15-14(16)13-4-3-10-18-13/h2-8,10H,1,9H2,(H,15,16). The summed E-state index contributed by atoms with van der Waals surface area (Å²) >= 11 is 0. The number of hydrogen-bond donors (Lipinski definition) is 1. The maximum atomic E-state index is 11.7. The fourth-order valence-electron chi connectivity index (χ4n) is 1.39. The van der Waals surface area contributed by atoms with Crippen molar-refractivity contribution in [3.63, 3.8) is 0 Å². The monoisotopic (exact) mass is 243 g/mol. The number of hydrogen-bond acceptors (Lipinski definition) is 3. The largest absolute Gasteiger partial charge is 0.490 e. The molecule has 0 aliphatic rings. The predicted octanol–water partition coefficient (Wildman–Crippen LogP) is 3.10.